The monoisotopic (exact) mass is 227 g/mol. The second-order valence-corrected chi connectivity index (χ2v) is 4.49. The number of likely N-dealkylation sites (tertiary alicyclic amines) is 1. The first-order valence-electron chi connectivity index (χ1n) is 5.81. The number of fused-ring (bicyclic) bond motifs is 1. The van der Waals surface area contributed by atoms with Crippen LogP contribution in [0.25, 0.3) is 0 Å². The van der Waals surface area contributed by atoms with Crippen LogP contribution >= 0.6 is 0 Å². The molecule has 3 atom stereocenters. The summed E-state index contributed by atoms with van der Waals surface area (Å²) in [6.07, 6.45) is 2.54. The quantitative estimate of drug-likeness (QED) is 0.772. The van der Waals surface area contributed by atoms with Gasteiger partial charge in [-0.3, -0.25) is 4.90 Å². The maximum absolute atomic E-state index is 11.6. The lowest BCUT2D eigenvalue weighted by Gasteiger charge is -2.23. The van der Waals surface area contributed by atoms with Gasteiger partial charge in [0, 0.05) is 6.54 Å². The summed E-state index contributed by atoms with van der Waals surface area (Å²) < 4.78 is 4.90. The number of rotatable bonds is 2. The third kappa shape index (κ3) is 1.74. The Hall–Kier alpha value is -1.26. The smallest absolute Gasteiger partial charge is 0.410 e. The number of hydrogen-bond donors (Lipinski definition) is 1. The Kier molecular flexibility index (Phi) is 3.03. The van der Waals surface area contributed by atoms with Crippen LogP contribution in [-0.4, -0.2) is 41.3 Å². The second-order valence-electron chi connectivity index (χ2n) is 4.49. The Labute approximate surface area is 94.4 Å². The number of nitrogens with zero attached hydrogens (tertiary/aromatic N) is 1. The number of carbonyl (C=O) groups excluding carboxylic acids is 1. The number of carbonyl (C=O) groups is 2. The van der Waals surface area contributed by atoms with Crippen molar-refractivity contribution in [3.8, 4) is 0 Å². The van der Waals surface area contributed by atoms with Crippen LogP contribution in [0.5, 0.6) is 0 Å². The van der Waals surface area contributed by atoms with Gasteiger partial charge in [0.25, 0.3) is 0 Å². The van der Waals surface area contributed by atoms with Crippen LogP contribution in [0.2, 0.25) is 0 Å². The van der Waals surface area contributed by atoms with Gasteiger partial charge in [-0.05, 0) is 31.6 Å². The van der Waals surface area contributed by atoms with E-state index in [4.69, 9.17) is 4.74 Å². The van der Waals surface area contributed by atoms with Gasteiger partial charge in [0.15, 0.2) is 0 Å². The van der Waals surface area contributed by atoms with Crippen LogP contribution < -0.4 is 0 Å². The van der Waals surface area contributed by atoms with Gasteiger partial charge < -0.3 is 9.84 Å². The van der Waals surface area contributed by atoms with Gasteiger partial charge >= 0.3 is 12.1 Å². The van der Waals surface area contributed by atoms with Gasteiger partial charge in [-0.2, -0.15) is 0 Å². The Morgan fingerprint density at radius 3 is 2.81 bits per heavy atom. The molecule has 2 aliphatic rings. The molecular weight excluding hydrogens is 210 g/mol. The molecule has 5 heteroatoms. The lowest BCUT2D eigenvalue weighted by atomic mass is 9.94. The summed E-state index contributed by atoms with van der Waals surface area (Å²) in [5.41, 5.74) is 0. The predicted octanol–water partition coefficient (Wildman–Crippen LogP) is 1.33. The van der Waals surface area contributed by atoms with Crippen molar-refractivity contribution in [2.24, 2.45) is 11.8 Å². The van der Waals surface area contributed by atoms with Crippen molar-refractivity contribution >= 4 is 12.1 Å². The summed E-state index contributed by atoms with van der Waals surface area (Å²) >= 11 is 0. The number of ether oxygens (including phenoxy) is 1. The molecule has 3 unspecified atom stereocenters. The highest BCUT2D eigenvalue weighted by atomic mass is 16.6. The van der Waals surface area contributed by atoms with E-state index < -0.39 is 18.1 Å². The molecule has 5 nitrogen and oxygen atoms in total. The molecule has 90 valence electrons. The molecule has 1 N–H and O–H groups in total. The molecular formula is C11H17NO4. The topological polar surface area (TPSA) is 66.8 Å². The Morgan fingerprint density at radius 2 is 2.19 bits per heavy atom. The Balaban J connectivity index is 2.13. The lowest BCUT2D eigenvalue weighted by Crippen LogP contribution is -2.43. The van der Waals surface area contributed by atoms with Crippen LogP contribution in [0.3, 0.4) is 0 Å². The first-order chi connectivity index (χ1) is 7.65. The fourth-order valence-corrected chi connectivity index (χ4v) is 3.02. The van der Waals surface area contributed by atoms with Crippen molar-refractivity contribution in [2.75, 3.05) is 13.2 Å². The van der Waals surface area contributed by atoms with Gasteiger partial charge in [-0.1, -0.05) is 6.42 Å². The maximum Gasteiger partial charge on any atom is 0.410 e. The van der Waals surface area contributed by atoms with E-state index in [9.17, 15) is 14.7 Å². The van der Waals surface area contributed by atoms with Crippen molar-refractivity contribution in [3.63, 3.8) is 0 Å². The zero-order valence-corrected chi connectivity index (χ0v) is 9.39. The van der Waals surface area contributed by atoms with E-state index in [1.807, 2.05) is 0 Å². The van der Waals surface area contributed by atoms with Gasteiger partial charge in [0.1, 0.15) is 6.04 Å². The Morgan fingerprint density at radius 1 is 1.44 bits per heavy atom. The van der Waals surface area contributed by atoms with Crippen LogP contribution in [0, 0.1) is 11.8 Å². The molecule has 1 saturated carbocycles. The predicted molar refractivity (Wildman–Crippen MR) is 56.0 cm³/mol. The molecule has 0 aromatic heterocycles. The first kappa shape index (κ1) is 11.2. The molecule has 1 amide bonds. The SMILES string of the molecule is CCOC(=O)N1CC2CCCC2C1C(=O)O. The molecule has 2 rings (SSSR count). The summed E-state index contributed by atoms with van der Waals surface area (Å²) in [7, 11) is 0. The highest BCUT2D eigenvalue weighted by Gasteiger charge is 2.50. The number of carboxylic acids is 1. The van der Waals surface area contributed by atoms with Crippen molar-refractivity contribution in [1.29, 1.82) is 0 Å². The zero-order valence-electron chi connectivity index (χ0n) is 9.39. The molecule has 0 radical (unpaired) electrons. The molecule has 0 spiro atoms. The van der Waals surface area contributed by atoms with E-state index in [1.54, 1.807) is 6.92 Å². The number of aliphatic carboxylic acids is 1. The van der Waals surface area contributed by atoms with Crippen molar-refractivity contribution in [3.05, 3.63) is 0 Å². The van der Waals surface area contributed by atoms with E-state index in [-0.39, 0.29) is 12.5 Å². The highest BCUT2D eigenvalue weighted by molar-refractivity contribution is 5.81. The standard InChI is InChI=1S/C11H17NO4/c1-2-16-11(15)12-6-7-4-3-5-8(7)9(12)10(13)14/h7-9H,2-6H2,1H3,(H,13,14). The van der Waals surface area contributed by atoms with Gasteiger partial charge in [0.2, 0.25) is 0 Å². The fourth-order valence-electron chi connectivity index (χ4n) is 3.02. The minimum absolute atomic E-state index is 0.127. The first-order valence-corrected chi connectivity index (χ1v) is 5.81. The zero-order chi connectivity index (χ0) is 11.7. The molecule has 1 aliphatic heterocycles. The molecule has 16 heavy (non-hydrogen) atoms. The molecule has 0 bridgehead atoms. The van der Waals surface area contributed by atoms with E-state index in [0.29, 0.717) is 12.5 Å². The van der Waals surface area contributed by atoms with Crippen molar-refractivity contribution in [2.45, 2.75) is 32.2 Å². The van der Waals surface area contributed by atoms with E-state index in [0.717, 1.165) is 19.3 Å². The highest BCUT2D eigenvalue weighted by Crippen LogP contribution is 2.42. The summed E-state index contributed by atoms with van der Waals surface area (Å²) in [5, 5.41) is 9.20. The largest absolute Gasteiger partial charge is 0.480 e. The molecule has 1 aliphatic carbocycles. The van der Waals surface area contributed by atoms with Crippen molar-refractivity contribution in [1.82, 2.24) is 4.90 Å². The van der Waals surface area contributed by atoms with Crippen LogP contribution in [0.4, 0.5) is 4.79 Å². The Bertz CT molecular complexity index is 304. The maximum atomic E-state index is 11.6. The van der Waals surface area contributed by atoms with E-state index >= 15 is 0 Å². The normalized spacial score (nSPS) is 32.6. The summed E-state index contributed by atoms with van der Waals surface area (Å²) in [6.45, 7) is 2.56. The van der Waals surface area contributed by atoms with Crippen molar-refractivity contribution < 1.29 is 19.4 Å². The molecule has 1 heterocycles. The van der Waals surface area contributed by atoms with Gasteiger partial charge in [-0.25, -0.2) is 9.59 Å². The third-order valence-corrected chi connectivity index (χ3v) is 3.65. The van der Waals surface area contributed by atoms with Gasteiger partial charge in [-0.15, -0.1) is 0 Å². The third-order valence-electron chi connectivity index (χ3n) is 3.65. The fraction of sp³-hybridized carbons (Fsp3) is 0.818. The summed E-state index contributed by atoms with van der Waals surface area (Å²) in [4.78, 5) is 24.2. The molecule has 2 fully saturated rings. The van der Waals surface area contributed by atoms with Crippen LogP contribution in [0.15, 0.2) is 0 Å². The van der Waals surface area contributed by atoms with E-state index in [1.165, 1.54) is 4.90 Å². The minimum atomic E-state index is -0.901. The second kappa shape index (κ2) is 4.31. The molecule has 0 aromatic rings. The number of hydrogen-bond acceptors (Lipinski definition) is 3. The van der Waals surface area contributed by atoms with Crippen LogP contribution in [-0.2, 0) is 9.53 Å². The average Bonchev–Trinajstić information content (AvgIpc) is 2.74. The molecule has 0 aromatic carbocycles. The molecule has 1 saturated heterocycles. The minimum Gasteiger partial charge on any atom is -0.480 e. The summed E-state index contributed by atoms with van der Waals surface area (Å²) in [5.74, 6) is -0.421. The number of amides is 1. The van der Waals surface area contributed by atoms with Crippen LogP contribution in [0.1, 0.15) is 26.2 Å². The number of carboxylic acid groups (broad SMARTS) is 1. The van der Waals surface area contributed by atoms with Gasteiger partial charge in [0.05, 0.1) is 6.61 Å². The summed E-state index contributed by atoms with van der Waals surface area (Å²) in [6, 6.07) is -0.674. The average molecular weight is 227 g/mol. The van der Waals surface area contributed by atoms with E-state index in [2.05, 4.69) is 0 Å². The lowest BCUT2D eigenvalue weighted by molar-refractivity contribution is -0.143.